The van der Waals surface area contributed by atoms with Gasteiger partial charge in [0.05, 0.1) is 11.1 Å². The van der Waals surface area contributed by atoms with Crippen LogP contribution in [0.2, 0.25) is 0 Å². The second-order valence-corrected chi connectivity index (χ2v) is 5.16. The SMILES string of the molecule is O=C(Cn1nnc2ccccc2c1=O)Nc1ccccc1OC(F)(F)F. The number of nitrogens with one attached hydrogen (secondary N) is 1. The fourth-order valence-corrected chi connectivity index (χ4v) is 2.24. The molecular formula is C16H11F3N4O3. The van der Waals surface area contributed by atoms with Crippen LogP contribution in [0.3, 0.4) is 0 Å². The van der Waals surface area contributed by atoms with Gasteiger partial charge in [-0.1, -0.05) is 29.5 Å². The number of benzene rings is 2. The summed E-state index contributed by atoms with van der Waals surface area (Å²) in [4.78, 5) is 24.4. The Morgan fingerprint density at radius 1 is 1.12 bits per heavy atom. The van der Waals surface area contributed by atoms with Gasteiger partial charge in [-0.15, -0.1) is 18.3 Å². The molecule has 2 aromatic carbocycles. The first-order chi connectivity index (χ1) is 12.3. The summed E-state index contributed by atoms with van der Waals surface area (Å²) in [7, 11) is 0. The molecule has 1 amide bonds. The number of hydrogen-bond acceptors (Lipinski definition) is 5. The van der Waals surface area contributed by atoms with Crippen molar-refractivity contribution in [2.24, 2.45) is 0 Å². The van der Waals surface area contributed by atoms with Crippen LogP contribution in [-0.2, 0) is 11.3 Å². The van der Waals surface area contributed by atoms with Gasteiger partial charge in [-0.3, -0.25) is 9.59 Å². The smallest absolute Gasteiger partial charge is 0.404 e. The normalized spacial score (nSPS) is 11.3. The van der Waals surface area contributed by atoms with Gasteiger partial charge >= 0.3 is 6.36 Å². The molecule has 0 unspecified atom stereocenters. The van der Waals surface area contributed by atoms with E-state index < -0.39 is 30.1 Å². The highest BCUT2D eigenvalue weighted by atomic mass is 19.4. The number of hydrogen-bond donors (Lipinski definition) is 1. The second kappa shape index (κ2) is 6.82. The van der Waals surface area contributed by atoms with Crippen LogP contribution in [0.5, 0.6) is 5.75 Å². The lowest BCUT2D eigenvalue weighted by atomic mass is 10.2. The van der Waals surface area contributed by atoms with E-state index in [0.717, 1.165) is 10.7 Å². The van der Waals surface area contributed by atoms with Gasteiger partial charge < -0.3 is 10.1 Å². The standard InChI is InChI=1S/C16H11F3N4O3/c17-16(18,19)26-13-8-4-3-7-12(13)20-14(24)9-23-15(25)10-5-1-2-6-11(10)21-22-23/h1-8H,9H2,(H,20,24). The van der Waals surface area contributed by atoms with Crippen molar-refractivity contribution in [1.29, 1.82) is 0 Å². The van der Waals surface area contributed by atoms with Crippen LogP contribution in [-0.4, -0.2) is 27.3 Å². The van der Waals surface area contributed by atoms with Crippen LogP contribution in [0.1, 0.15) is 0 Å². The number of amides is 1. The van der Waals surface area contributed by atoms with E-state index in [1.807, 2.05) is 0 Å². The van der Waals surface area contributed by atoms with Gasteiger partial charge in [0.1, 0.15) is 12.1 Å². The fraction of sp³-hybridized carbons (Fsp3) is 0.125. The predicted octanol–water partition coefficient (Wildman–Crippen LogP) is 2.33. The van der Waals surface area contributed by atoms with E-state index in [4.69, 9.17) is 0 Å². The molecule has 0 bridgehead atoms. The molecule has 0 fully saturated rings. The molecule has 0 atom stereocenters. The molecule has 1 N–H and O–H groups in total. The number of carbonyl (C=O) groups excluding carboxylic acids is 1. The van der Waals surface area contributed by atoms with E-state index in [2.05, 4.69) is 20.4 Å². The maximum absolute atomic E-state index is 12.4. The first-order valence-corrected chi connectivity index (χ1v) is 7.31. The summed E-state index contributed by atoms with van der Waals surface area (Å²) in [6.07, 6.45) is -4.90. The Morgan fingerprint density at radius 2 is 1.81 bits per heavy atom. The predicted molar refractivity (Wildman–Crippen MR) is 85.6 cm³/mol. The Hall–Kier alpha value is -3.43. The van der Waals surface area contributed by atoms with Gasteiger partial charge in [0, 0.05) is 0 Å². The molecule has 0 spiro atoms. The average molecular weight is 364 g/mol. The number of anilines is 1. The number of rotatable bonds is 4. The van der Waals surface area contributed by atoms with Crippen LogP contribution in [0.25, 0.3) is 10.9 Å². The minimum atomic E-state index is -4.90. The highest BCUT2D eigenvalue weighted by Gasteiger charge is 2.32. The average Bonchev–Trinajstić information content (AvgIpc) is 2.58. The molecule has 0 aliphatic rings. The summed E-state index contributed by atoms with van der Waals surface area (Å²) in [6.45, 7) is -0.517. The lowest BCUT2D eigenvalue weighted by Gasteiger charge is -2.13. The summed E-state index contributed by atoms with van der Waals surface area (Å²) in [5.41, 5.74) is -0.347. The molecule has 0 saturated heterocycles. The summed E-state index contributed by atoms with van der Waals surface area (Å²) in [6, 6.07) is 11.5. The monoisotopic (exact) mass is 364 g/mol. The van der Waals surface area contributed by atoms with Crippen molar-refractivity contribution in [1.82, 2.24) is 15.0 Å². The zero-order valence-electron chi connectivity index (χ0n) is 13.0. The number of nitrogens with zero attached hydrogens (tertiary/aromatic N) is 3. The molecule has 0 aliphatic heterocycles. The number of alkyl halides is 3. The fourth-order valence-electron chi connectivity index (χ4n) is 2.24. The van der Waals surface area contributed by atoms with Gasteiger partial charge in [-0.25, -0.2) is 4.68 Å². The first kappa shape index (κ1) is 17.4. The van der Waals surface area contributed by atoms with E-state index in [9.17, 15) is 22.8 Å². The molecule has 0 saturated carbocycles. The van der Waals surface area contributed by atoms with E-state index in [1.165, 1.54) is 24.3 Å². The van der Waals surface area contributed by atoms with E-state index in [0.29, 0.717) is 5.52 Å². The maximum Gasteiger partial charge on any atom is 0.573 e. The number of carbonyl (C=O) groups is 1. The molecule has 134 valence electrons. The Bertz CT molecular complexity index is 1020. The Labute approximate surface area is 144 Å². The van der Waals surface area contributed by atoms with Crippen molar-refractivity contribution < 1.29 is 22.7 Å². The van der Waals surface area contributed by atoms with Gasteiger partial charge in [-0.2, -0.15) is 0 Å². The van der Waals surface area contributed by atoms with Gasteiger partial charge in [0.2, 0.25) is 5.91 Å². The minimum absolute atomic E-state index is 0.184. The third-order valence-corrected chi connectivity index (χ3v) is 3.31. The molecular weight excluding hydrogens is 353 g/mol. The van der Waals surface area contributed by atoms with Crippen molar-refractivity contribution in [3.8, 4) is 5.75 Å². The van der Waals surface area contributed by atoms with Crippen molar-refractivity contribution in [3.63, 3.8) is 0 Å². The molecule has 10 heteroatoms. The number of halogens is 3. The van der Waals surface area contributed by atoms with Gasteiger partial charge in [0.25, 0.3) is 5.56 Å². The third kappa shape index (κ3) is 3.97. The highest BCUT2D eigenvalue weighted by Crippen LogP contribution is 2.29. The van der Waals surface area contributed by atoms with Gasteiger partial charge in [-0.05, 0) is 24.3 Å². The zero-order valence-corrected chi connectivity index (χ0v) is 13.0. The molecule has 7 nitrogen and oxygen atoms in total. The zero-order chi connectivity index (χ0) is 18.7. The van der Waals surface area contributed by atoms with Crippen LogP contribution >= 0.6 is 0 Å². The van der Waals surface area contributed by atoms with Crippen LogP contribution < -0.4 is 15.6 Å². The lowest BCUT2D eigenvalue weighted by molar-refractivity contribution is -0.274. The molecule has 3 aromatic rings. The molecule has 1 aromatic heterocycles. The minimum Gasteiger partial charge on any atom is -0.404 e. The summed E-state index contributed by atoms with van der Waals surface area (Å²) >= 11 is 0. The molecule has 1 heterocycles. The summed E-state index contributed by atoms with van der Waals surface area (Å²) in [5.74, 6) is -1.32. The maximum atomic E-state index is 12.4. The van der Waals surface area contributed by atoms with Crippen molar-refractivity contribution in [2.75, 3.05) is 5.32 Å². The summed E-state index contributed by atoms with van der Waals surface area (Å²) < 4.78 is 41.9. The number of ether oxygens (including phenoxy) is 1. The largest absolute Gasteiger partial charge is 0.573 e. The number of para-hydroxylation sites is 2. The Balaban J connectivity index is 1.80. The van der Waals surface area contributed by atoms with Crippen molar-refractivity contribution >= 4 is 22.5 Å². The topological polar surface area (TPSA) is 86.1 Å². The molecule has 26 heavy (non-hydrogen) atoms. The van der Waals surface area contributed by atoms with E-state index in [1.54, 1.807) is 18.2 Å². The Kier molecular flexibility index (Phi) is 4.57. The highest BCUT2D eigenvalue weighted by molar-refractivity contribution is 5.92. The van der Waals surface area contributed by atoms with Crippen LogP contribution in [0, 0.1) is 0 Å². The number of aromatic nitrogens is 3. The van der Waals surface area contributed by atoms with Crippen LogP contribution in [0.15, 0.2) is 53.3 Å². The summed E-state index contributed by atoms with van der Waals surface area (Å²) in [5, 5.41) is 10.0. The van der Waals surface area contributed by atoms with Gasteiger partial charge in [0.15, 0.2) is 5.75 Å². The van der Waals surface area contributed by atoms with E-state index >= 15 is 0 Å². The lowest BCUT2D eigenvalue weighted by Crippen LogP contribution is -2.30. The Morgan fingerprint density at radius 3 is 2.58 bits per heavy atom. The third-order valence-electron chi connectivity index (χ3n) is 3.31. The number of fused-ring (bicyclic) bond motifs is 1. The molecule has 0 radical (unpaired) electrons. The first-order valence-electron chi connectivity index (χ1n) is 7.31. The van der Waals surface area contributed by atoms with E-state index in [-0.39, 0.29) is 11.1 Å². The van der Waals surface area contributed by atoms with Crippen LogP contribution in [0.4, 0.5) is 18.9 Å². The van der Waals surface area contributed by atoms with Crippen molar-refractivity contribution in [2.45, 2.75) is 12.9 Å². The molecule has 0 aliphatic carbocycles. The van der Waals surface area contributed by atoms with Crippen molar-refractivity contribution in [3.05, 3.63) is 58.9 Å². The quantitative estimate of drug-likeness (QED) is 0.768. The second-order valence-electron chi connectivity index (χ2n) is 5.16. The molecule has 3 rings (SSSR count).